The van der Waals surface area contributed by atoms with Gasteiger partial charge in [-0.2, -0.15) is 0 Å². The van der Waals surface area contributed by atoms with E-state index in [0.717, 1.165) is 29.8 Å². The largest absolute Gasteiger partial charge is 0.496 e. The number of ether oxygens (including phenoxy) is 1. The molecule has 1 aliphatic heterocycles. The van der Waals surface area contributed by atoms with Gasteiger partial charge >= 0.3 is 0 Å². The van der Waals surface area contributed by atoms with Crippen LogP contribution in [-0.4, -0.2) is 44.9 Å². The summed E-state index contributed by atoms with van der Waals surface area (Å²) in [7, 11) is 1.58. The predicted octanol–water partition coefficient (Wildman–Crippen LogP) is 4.12. The molecule has 0 aliphatic carbocycles. The van der Waals surface area contributed by atoms with E-state index in [-0.39, 0.29) is 24.8 Å². The normalized spacial score (nSPS) is 15.1. The van der Waals surface area contributed by atoms with Gasteiger partial charge < -0.3 is 10.1 Å². The van der Waals surface area contributed by atoms with Crippen molar-refractivity contribution in [1.82, 2.24) is 15.1 Å². The Hall–Kier alpha value is -2.30. The number of thioether (sulfide) groups is 1. The minimum Gasteiger partial charge on any atom is -0.496 e. The number of nitrogens with one attached hydrogen (secondary N) is 1. The molecule has 0 atom stereocenters. The van der Waals surface area contributed by atoms with Gasteiger partial charge in [-0.1, -0.05) is 66.9 Å². The number of methoxy groups -OCH3 is 1. The first-order valence-electron chi connectivity index (χ1n) is 9.52. The molecule has 7 nitrogen and oxygen atoms in total. The zero-order chi connectivity index (χ0) is 21.5. The lowest BCUT2D eigenvalue weighted by Gasteiger charge is -2.13. The van der Waals surface area contributed by atoms with Crippen LogP contribution < -0.4 is 10.1 Å². The zero-order valence-corrected chi connectivity index (χ0v) is 19.2. The van der Waals surface area contributed by atoms with Gasteiger partial charge in [0.2, 0.25) is 11.0 Å². The van der Waals surface area contributed by atoms with Crippen LogP contribution in [0.2, 0.25) is 0 Å². The third kappa shape index (κ3) is 5.65. The smallest absolute Gasteiger partial charge is 0.266 e. The Kier molecular flexibility index (Phi) is 7.94. The van der Waals surface area contributed by atoms with Crippen molar-refractivity contribution in [1.29, 1.82) is 0 Å². The van der Waals surface area contributed by atoms with E-state index in [0.29, 0.717) is 20.1 Å². The van der Waals surface area contributed by atoms with Crippen molar-refractivity contribution in [3.63, 3.8) is 0 Å². The van der Waals surface area contributed by atoms with Crippen molar-refractivity contribution in [2.24, 2.45) is 0 Å². The third-order valence-electron chi connectivity index (χ3n) is 4.32. The monoisotopic (exact) mass is 462 g/mol. The number of rotatable bonds is 9. The maximum Gasteiger partial charge on any atom is 0.266 e. The molecule has 30 heavy (non-hydrogen) atoms. The van der Waals surface area contributed by atoms with Crippen LogP contribution in [-0.2, 0) is 16.0 Å². The Morgan fingerprint density at radius 3 is 2.90 bits per heavy atom. The van der Waals surface area contributed by atoms with Crippen LogP contribution >= 0.6 is 35.3 Å². The number of hydrogen-bond acceptors (Lipinski definition) is 8. The fourth-order valence-electron chi connectivity index (χ4n) is 2.75. The predicted molar refractivity (Wildman–Crippen MR) is 125 cm³/mol. The average molecular weight is 463 g/mol. The molecule has 2 aromatic rings. The minimum absolute atomic E-state index is 0.123. The summed E-state index contributed by atoms with van der Waals surface area (Å²) in [6, 6.07) is 7.44. The van der Waals surface area contributed by atoms with Gasteiger partial charge in [0.25, 0.3) is 5.91 Å². The number of thiocarbonyl (C=S) groups is 1. The first kappa shape index (κ1) is 22.4. The highest BCUT2D eigenvalue weighted by atomic mass is 32.2. The fraction of sp³-hybridized carbons (Fsp3) is 0.350. The molecule has 0 saturated carbocycles. The number of para-hydroxylation sites is 1. The van der Waals surface area contributed by atoms with Crippen LogP contribution in [0.25, 0.3) is 6.08 Å². The minimum atomic E-state index is -0.226. The number of carbonyl (C=O) groups excluding carboxylic acids is 2. The molecular formula is C20H22N4O3S3. The number of hydrogen-bond donors (Lipinski definition) is 1. The number of unbranched alkanes of at least 4 members (excludes halogenated alkanes) is 1. The van der Waals surface area contributed by atoms with E-state index in [9.17, 15) is 9.59 Å². The van der Waals surface area contributed by atoms with Crippen molar-refractivity contribution < 1.29 is 14.3 Å². The maximum atomic E-state index is 12.8. The van der Waals surface area contributed by atoms with Gasteiger partial charge in [-0.3, -0.25) is 14.5 Å². The fourth-order valence-corrected chi connectivity index (χ4v) is 4.85. The molecule has 1 aromatic carbocycles. The first-order chi connectivity index (χ1) is 14.5. The molecule has 0 radical (unpaired) electrons. The lowest BCUT2D eigenvalue weighted by molar-refractivity contribution is -0.122. The zero-order valence-electron chi connectivity index (χ0n) is 16.7. The second kappa shape index (κ2) is 10.6. The molecule has 0 spiro atoms. The molecule has 0 unspecified atom stereocenters. The van der Waals surface area contributed by atoms with E-state index in [1.54, 1.807) is 13.2 Å². The Balaban J connectivity index is 1.57. The van der Waals surface area contributed by atoms with E-state index in [4.69, 9.17) is 17.0 Å². The van der Waals surface area contributed by atoms with Gasteiger partial charge in [0.05, 0.1) is 12.0 Å². The second-order valence-corrected chi connectivity index (χ2v) is 9.22. The van der Waals surface area contributed by atoms with Crippen LogP contribution in [0.5, 0.6) is 5.75 Å². The summed E-state index contributed by atoms with van der Waals surface area (Å²) in [6.07, 6.45) is 4.87. The molecule has 1 fully saturated rings. The topological polar surface area (TPSA) is 84.4 Å². The van der Waals surface area contributed by atoms with Crippen molar-refractivity contribution in [2.75, 3.05) is 19.0 Å². The van der Waals surface area contributed by atoms with Crippen LogP contribution in [0.3, 0.4) is 0 Å². The van der Waals surface area contributed by atoms with Gasteiger partial charge in [-0.05, 0) is 18.6 Å². The van der Waals surface area contributed by atoms with Crippen LogP contribution in [0.15, 0.2) is 29.2 Å². The van der Waals surface area contributed by atoms with Crippen molar-refractivity contribution in [2.45, 2.75) is 32.6 Å². The highest BCUT2D eigenvalue weighted by molar-refractivity contribution is 8.26. The second-order valence-electron chi connectivity index (χ2n) is 6.48. The molecule has 1 saturated heterocycles. The van der Waals surface area contributed by atoms with Gasteiger partial charge in [-0.25, -0.2) is 0 Å². The lowest BCUT2D eigenvalue weighted by atomic mass is 10.2. The van der Waals surface area contributed by atoms with E-state index in [1.807, 2.05) is 24.3 Å². The molecule has 158 valence electrons. The van der Waals surface area contributed by atoms with Gasteiger partial charge in [0.1, 0.15) is 15.1 Å². The Morgan fingerprint density at radius 2 is 2.13 bits per heavy atom. The molecule has 2 amide bonds. The lowest BCUT2D eigenvalue weighted by Crippen LogP contribution is -2.31. The first-order valence-corrected chi connectivity index (χ1v) is 11.6. The number of nitrogens with zero attached hydrogens (tertiary/aromatic N) is 3. The molecule has 1 N–H and O–H groups in total. The molecule has 3 rings (SSSR count). The van der Waals surface area contributed by atoms with E-state index in [1.165, 1.54) is 28.0 Å². The Bertz CT molecular complexity index is 974. The number of amides is 2. The van der Waals surface area contributed by atoms with Crippen molar-refractivity contribution in [3.8, 4) is 5.75 Å². The van der Waals surface area contributed by atoms with Crippen molar-refractivity contribution >= 4 is 62.7 Å². The summed E-state index contributed by atoms with van der Waals surface area (Å²) in [6.45, 7) is 2.32. The number of anilines is 1. The molecule has 10 heteroatoms. The average Bonchev–Trinajstić information content (AvgIpc) is 3.29. The summed E-state index contributed by atoms with van der Waals surface area (Å²) in [4.78, 5) is 27.0. The standard InChI is InChI=1S/C20H22N4O3S3/c1-3-4-9-17-22-23-19(30-17)21-16(25)10-11-24-18(26)15(29-20(24)28)12-13-7-5-6-8-14(13)27-2/h5-8,12H,3-4,9-11H2,1-2H3,(H,21,23,25). The number of aryl methyl sites for hydroxylation is 1. The Morgan fingerprint density at radius 1 is 1.33 bits per heavy atom. The number of aromatic nitrogens is 2. The quantitative estimate of drug-likeness (QED) is 0.443. The SMILES string of the molecule is CCCCc1nnc(NC(=O)CCN2C(=O)C(=Cc3ccccc3OC)SC2=S)s1. The Labute approximate surface area is 188 Å². The van der Waals surface area contributed by atoms with Crippen LogP contribution in [0.1, 0.15) is 36.8 Å². The van der Waals surface area contributed by atoms with E-state index in [2.05, 4.69) is 22.4 Å². The maximum absolute atomic E-state index is 12.8. The molecular weight excluding hydrogens is 440 g/mol. The van der Waals surface area contributed by atoms with Gasteiger partial charge in [-0.15, -0.1) is 10.2 Å². The van der Waals surface area contributed by atoms with Gasteiger partial charge in [0.15, 0.2) is 0 Å². The third-order valence-corrected chi connectivity index (χ3v) is 6.60. The van der Waals surface area contributed by atoms with Crippen LogP contribution in [0.4, 0.5) is 5.13 Å². The van der Waals surface area contributed by atoms with Crippen LogP contribution in [0, 0.1) is 0 Å². The number of benzene rings is 1. The molecule has 2 heterocycles. The highest BCUT2D eigenvalue weighted by Crippen LogP contribution is 2.34. The van der Waals surface area contributed by atoms with Crippen molar-refractivity contribution in [3.05, 3.63) is 39.7 Å². The number of carbonyl (C=O) groups is 2. The van der Waals surface area contributed by atoms with E-state index >= 15 is 0 Å². The molecule has 1 aliphatic rings. The summed E-state index contributed by atoms with van der Waals surface area (Å²) in [5.41, 5.74) is 0.799. The van der Waals surface area contributed by atoms with Gasteiger partial charge in [0, 0.05) is 24.9 Å². The summed E-state index contributed by atoms with van der Waals surface area (Å²) < 4.78 is 5.77. The summed E-state index contributed by atoms with van der Waals surface area (Å²) in [5.74, 6) is 0.245. The molecule has 0 bridgehead atoms. The highest BCUT2D eigenvalue weighted by Gasteiger charge is 2.32. The summed E-state index contributed by atoms with van der Waals surface area (Å²) >= 11 is 7.95. The summed E-state index contributed by atoms with van der Waals surface area (Å²) in [5, 5.41) is 12.2. The molecule has 1 aromatic heterocycles. The van der Waals surface area contributed by atoms with E-state index < -0.39 is 0 Å².